The number of hydrogen-bond donors (Lipinski definition) is 0. The molecule has 2 aromatic carbocycles. The second kappa shape index (κ2) is 11.3. The van der Waals surface area contributed by atoms with E-state index in [2.05, 4.69) is 6.08 Å². The van der Waals surface area contributed by atoms with Gasteiger partial charge in [0, 0.05) is 5.56 Å². The number of allylic oxidation sites excluding steroid dienone is 4. The minimum Gasteiger partial charge on any atom is -0.491 e. The highest BCUT2D eigenvalue weighted by Gasteiger charge is 2.19. The Morgan fingerprint density at radius 2 is 1.62 bits per heavy atom. The molecule has 0 saturated carbocycles. The lowest BCUT2D eigenvalue weighted by Crippen LogP contribution is -2.06. The number of ether oxygens (including phenoxy) is 1. The monoisotopic (exact) mass is 446 g/mol. The number of rotatable bonds is 9. The van der Waals surface area contributed by atoms with Crippen molar-refractivity contribution in [3.8, 4) is 5.75 Å². The van der Waals surface area contributed by atoms with Crippen molar-refractivity contribution in [3.05, 3.63) is 82.5 Å². The second-order valence-corrected chi connectivity index (χ2v) is 8.16. The zero-order valence-corrected chi connectivity index (χ0v) is 18.7. The van der Waals surface area contributed by atoms with Crippen LogP contribution in [0.5, 0.6) is 5.75 Å². The van der Waals surface area contributed by atoms with Crippen molar-refractivity contribution in [3.63, 3.8) is 0 Å². The second-order valence-electron chi connectivity index (χ2n) is 8.16. The van der Waals surface area contributed by atoms with Crippen LogP contribution in [0.1, 0.15) is 62.6 Å². The van der Waals surface area contributed by atoms with Gasteiger partial charge in [0.25, 0.3) is 0 Å². The third kappa shape index (κ3) is 5.62. The van der Waals surface area contributed by atoms with E-state index >= 15 is 0 Å². The summed E-state index contributed by atoms with van der Waals surface area (Å²) in [7, 11) is 0. The molecule has 1 atom stereocenters. The average Bonchev–Trinajstić information content (AvgIpc) is 2.80. The zero-order valence-electron chi connectivity index (χ0n) is 18.7. The summed E-state index contributed by atoms with van der Waals surface area (Å²) in [5.74, 6) is -3.04. The van der Waals surface area contributed by atoms with Gasteiger partial charge < -0.3 is 4.74 Å². The highest BCUT2D eigenvalue weighted by atomic mass is 19.2. The maximum atomic E-state index is 14.5. The van der Waals surface area contributed by atoms with E-state index in [9.17, 15) is 17.6 Å². The molecule has 0 aromatic heterocycles. The molecule has 0 heterocycles. The summed E-state index contributed by atoms with van der Waals surface area (Å²) in [6.07, 6.45) is 10.6. The molecule has 2 aromatic rings. The molecule has 172 valence electrons. The summed E-state index contributed by atoms with van der Waals surface area (Å²) < 4.78 is 62.0. The number of benzene rings is 2. The van der Waals surface area contributed by atoms with Gasteiger partial charge in [-0.1, -0.05) is 49.8 Å². The van der Waals surface area contributed by atoms with Crippen LogP contribution >= 0.6 is 0 Å². The molecule has 3 rings (SSSR count). The summed E-state index contributed by atoms with van der Waals surface area (Å²) in [6.45, 7) is 3.94. The Morgan fingerprint density at radius 3 is 2.31 bits per heavy atom. The SMILES string of the molecule is CCCc1ccc(C2=CCC(C=CCCc3ccc(OCC)c(F)c3F)CC2)c(F)c1F. The first-order valence-electron chi connectivity index (χ1n) is 11.4. The van der Waals surface area contributed by atoms with E-state index in [0.717, 1.165) is 24.8 Å². The Morgan fingerprint density at radius 1 is 0.906 bits per heavy atom. The van der Waals surface area contributed by atoms with E-state index in [1.165, 1.54) is 6.07 Å². The van der Waals surface area contributed by atoms with Gasteiger partial charge in [-0.15, -0.1) is 0 Å². The van der Waals surface area contributed by atoms with E-state index in [1.54, 1.807) is 25.1 Å². The van der Waals surface area contributed by atoms with E-state index in [4.69, 9.17) is 4.74 Å². The van der Waals surface area contributed by atoms with Gasteiger partial charge in [0.15, 0.2) is 23.2 Å². The molecule has 32 heavy (non-hydrogen) atoms. The molecule has 0 aliphatic heterocycles. The predicted molar refractivity (Wildman–Crippen MR) is 121 cm³/mol. The minimum atomic E-state index is -0.940. The van der Waals surface area contributed by atoms with Crippen LogP contribution in [-0.2, 0) is 12.8 Å². The lowest BCUT2D eigenvalue weighted by molar-refractivity contribution is 0.313. The van der Waals surface area contributed by atoms with Crippen LogP contribution in [0.3, 0.4) is 0 Å². The third-order valence-corrected chi connectivity index (χ3v) is 5.89. The van der Waals surface area contributed by atoms with Crippen molar-refractivity contribution >= 4 is 5.57 Å². The molecule has 0 bridgehead atoms. The van der Waals surface area contributed by atoms with Crippen LogP contribution in [0.2, 0.25) is 0 Å². The Labute approximate surface area is 187 Å². The van der Waals surface area contributed by atoms with Gasteiger partial charge in [-0.2, -0.15) is 4.39 Å². The van der Waals surface area contributed by atoms with Gasteiger partial charge in [-0.3, -0.25) is 0 Å². The molecular formula is C27H30F4O. The van der Waals surface area contributed by atoms with Gasteiger partial charge in [-0.05, 0) is 74.1 Å². The maximum Gasteiger partial charge on any atom is 0.200 e. The number of hydrogen-bond acceptors (Lipinski definition) is 1. The quantitative estimate of drug-likeness (QED) is 0.280. The van der Waals surface area contributed by atoms with E-state index in [-0.39, 0.29) is 12.4 Å². The van der Waals surface area contributed by atoms with Gasteiger partial charge in [-0.25, -0.2) is 13.2 Å². The lowest BCUT2D eigenvalue weighted by Gasteiger charge is -2.20. The first-order valence-corrected chi connectivity index (χ1v) is 11.4. The van der Waals surface area contributed by atoms with E-state index in [1.807, 2.05) is 19.1 Å². The lowest BCUT2D eigenvalue weighted by atomic mass is 9.85. The largest absolute Gasteiger partial charge is 0.491 e. The van der Waals surface area contributed by atoms with Crippen LogP contribution in [-0.4, -0.2) is 6.61 Å². The van der Waals surface area contributed by atoms with Crippen molar-refractivity contribution < 1.29 is 22.3 Å². The van der Waals surface area contributed by atoms with Crippen molar-refractivity contribution in [2.24, 2.45) is 5.92 Å². The molecule has 1 aliphatic carbocycles. The summed E-state index contributed by atoms with van der Waals surface area (Å²) >= 11 is 0. The van der Waals surface area contributed by atoms with Crippen molar-refractivity contribution in [1.82, 2.24) is 0 Å². The average molecular weight is 447 g/mol. The van der Waals surface area contributed by atoms with Crippen LogP contribution < -0.4 is 4.74 Å². The van der Waals surface area contributed by atoms with Crippen LogP contribution in [0, 0.1) is 29.2 Å². The number of aryl methyl sites for hydroxylation is 2. The Bertz CT molecular complexity index is 994. The maximum absolute atomic E-state index is 14.5. The van der Waals surface area contributed by atoms with E-state index < -0.39 is 23.3 Å². The normalized spacial score (nSPS) is 16.4. The fourth-order valence-corrected chi connectivity index (χ4v) is 4.13. The van der Waals surface area contributed by atoms with Crippen LogP contribution in [0.4, 0.5) is 17.6 Å². The fourth-order valence-electron chi connectivity index (χ4n) is 4.13. The van der Waals surface area contributed by atoms with Crippen LogP contribution in [0.15, 0.2) is 42.5 Å². The summed E-state index contributed by atoms with van der Waals surface area (Å²) in [5.41, 5.74) is 1.96. The topological polar surface area (TPSA) is 9.23 Å². The molecule has 0 fully saturated rings. The molecule has 0 radical (unpaired) electrons. The molecule has 5 heteroatoms. The molecule has 0 spiro atoms. The minimum absolute atomic E-state index is 0.0644. The zero-order chi connectivity index (χ0) is 23.1. The molecule has 0 N–H and O–H groups in total. The molecule has 0 amide bonds. The standard InChI is InChI=1S/C27H30F4O/c1-3-7-20-14-16-22(26(30)24(20)28)19-12-10-18(11-13-19)8-5-6-9-21-15-17-23(32-4-2)27(31)25(21)29/h5,8,12,14-18H,3-4,6-7,9-11,13H2,1-2H3. The van der Waals surface area contributed by atoms with Gasteiger partial charge in [0.1, 0.15) is 0 Å². The van der Waals surface area contributed by atoms with Crippen LogP contribution in [0.25, 0.3) is 5.57 Å². The molecule has 1 unspecified atom stereocenters. The first kappa shape index (κ1) is 24.1. The summed E-state index contributed by atoms with van der Waals surface area (Å²) in [5, 5.41) is 0. The molecule has 1 aliphatic rings. The summed E-state index contributed by atoms with van der Waals surface area (Å²) in [4.78, 5) is 0. The third-order valence-electron chi connectivity index (χ3n) is 5.89. The van der Waals surface area contributed by atoms with Crippen molar-refractivity contribution in [1.29, 1.82) is 0 Å². The fraction of sp³-hybridized carbons (Fsp3) is 0.407. The Hall–Kier alpha value is -2.56. The van der Waals surface area contributed by atoms with E-state index in [0.29, 0.717) is 48.3 Å². The van der Waals surface area contributed by atoms with Gasteiger partial charge >= 0.3 is 0 Å². The van der Waals surface area contributed by atoms with Crippen molar-refractivity contribution in [2.45, 2.75) is 58.8 Å². The van der Waals surface area contributed by atoms with Gasteiger partial charge in [0.2, 0.25) is 5.82 Å². The molecule has 0 saturated heterocycles. The van der Waals surface area contributed by atoms with Gasteiger partial charge in [0.05, 0.1) is 6.61 Å². The Balaban J connectivity index is 1.56. The summed E-state index contributed by atoms with van der Waals surface area (Å²) in [6, 6.07) is 6.40. The predicted octanol–water partition coefficient (Wildman–Crippen LogP) is 7.97. The molecule has 1 nitrogen and oxygen atoms in total. The van der Waals surface area contributed by atoms with Crippen molar-refractivity contribution in [2.75, 3.05) is 6.61 Å². The smallest absolute Gasteiger partial charge is 0.200 e. The molecular weight excluding hydrogens is 416 g/mol. The first-order chi connectivity index (χ1) is 15.5. The highest BCUT2D eigenvalue weighted by Crippen LogP contribution is 2.33. The Kier molecular flexibility index (Phi) is 8.54. The number of halogens is 4. The highest BCUT2D eigenvalue weighted by molar-refractivity contribution is 5.67.